The number of carbonyl (C=O) groups is 2. The van der Waals surface area contributed by atoms with Crippen LogP contribution in [0.5, 0.6) is 5.75 Å². The molecule has 0 unspecified atom stereocenters. The van der Waals surface area contributed by atoms with E-state index < -0.39 is 30.8 Å². The molecule has 8 heteroatoms. The summed E-state index contributed by atoms with van der Waals surface area (Å²) < 4.78 is 42.2. The lowest BCUT2D eigenvalue weighted by atomic mass is 10.2. The molecule has 0 aliphatic carbocycles. The molecule has 0 spiro atoms. The number of hydrogen-bond acceptors (Lipinski definition) is 3. The van der Waals surface area contributed by atoms with Crippen molar-refractivity contribution in [2.75, 3.05) is 11.9 Å². The second-order valence-electron chi connectivity index (χ2n) is 4.59. The van der Waals surface area contributed by atoms with Gasteiger partial charge in [-0.15, -0.1) is 0 Å². The minimum atomic E-state index is -3.08. The zero-order valence-electron chi connectivity index (χ0n) is 12.3. The highest BCUT2D eigenvalue weighted by Crippen LogP contribution is 2.20. The Bertz CT molecular complexity index is 738. The van der Waals surface area contributed by atoms with Crippen LogP contribution in [0.2, 0.25) is 0 Å². The van der Waals surface area contributed by atoms with E-state index in [0.29, 0.717) is 0 Å². The van der Waals surface area contributed by atoms with Crippen molar-refractivity contribution >= 4 is 17.5 Å². The van der Waals surface area contributed by atoms with E-state index in [1.807, 2.05) is 0 Å². The summed E-state index contributed by atoms with van der Waals surface area (Å²) in [6.07, 6.45) is 0. The Labute approximate surface area is 135 Å². The number of benzene rings is 2. The van der Waals surface area contributed by atoms with E-state index in [9.17, 15) is 22.8 Å². The quantitative estimate of drug-likeness (QED) is 0.851. The summed E-state index contributed by atoms with van der Waals surface area (Å²) in [5.74, 6) is -2.36. The van der Waals surface area contributed by atoms with E-state index in [4.69, 9.17) is 0 Å². The molecule has 2 aromatic carbocycles. The summed E-state index contributed by atoms with van der Waals surface area (Å²) in [6.45, 7) is -3.54. The molecule has 2 N–H and O–H groups in total. The smallest absolute Gasteiger partial charge is 0.387 e. The Balaban J connectivity index is 1.96. The van der Waals surface area contributed by atoms with E-state index >= 15 is 0 Å². The molecule has 0 atom stereocenters. The van der Waals surface area contributed by atoms with Crippen molar-refractivity contribution in [3.05, 3.63) is 59.9 Å². The van der Waals surface area contributed by atoms with Crippen LogP contribution in [-0.4, -0.2) is 25.0 Å². The molecule has 126 valence electrons. The average molecular weight is 338 g/mol. The maximum Gasteiger partial charge on any atom is 0.387 e. The molecule has 0 aliphatic rings. The van der Waals surface area contributed by atoms with Crippen molar-refractivity contribution in [3.63, 3.8) is 0 Å². The van der Waals surface area contributed by atoms with E-state index in [1.54, 1.807) is 0 Å². The normalized spacial score (nSPS) is 10.3. The average Bonchev–Trinajstić information content (AvgIpc) is 2.55. The topological polar surface area (TPSA) is 67.4 Å². The van der Waals surface area contributed by atoms with Crippen LogP contribution in [0, 0.1) is 5.82 Å². The Morgan fingerprint density at radius 3 is 2.42 bits per heavy atom. The SMILES string of the molecule is O=C(CNC(=O)c1ccccc1OC(F)F)Nc1ccccc1F. The lowest BCUT2D eigenvalue weighted by Gasteiger charge is -2.11. The number of carbonyl (C=O) groups excluding carboxylic acids is 2. The Hall–Kier alpha value is -3.03. The molecule has 0 saturated carbocycles. The van der Waals surface area contributed by atoms with Gasteiger partial charge in [-0.05, 0) is 24.3 Å². The third-order valence-corrected chi connectivity index (χ3v) is 2.91. The van der Waals surface area contributed by atoms with Gasteiger partial charge < -0.3 is 15.4 Å². The number of halogens is 3. The van der Waals surface area contributed by atoms with E-state index in [0.717, 1.165) is 0 Å². The Kier molecular flexibility index (Phi) is 5.78. The second-order valence-corrected chi connectivity index (χ2v) is 4.59. The second kappa shape index (κ2) is 8.00. The molecule has 2 rings (SSSR count). The van der Waals surface area contributed by atoms with Crippen LogP contribution in [0.25, 0.3) is 0 Å². The van der Waals surface area contributed by atoms with Gasteiger partial charge in [-0.2, -0.15) is 8.78 Å². The van der Waals surface area contributed by atoms with Crippen molar-refractivity contribution < 1.29 is 27.5 Å². The van der Waals surface area contributed by atoms with Crippen LogP contribution < -0.4 is 15.4 Å². The zero-order chi connectivity index (χ0) is 17.5. The maximum atomic E-state index is 13.4. The van der Waals surface area contributed by atoms with Gasteiger partial charge in [-0.3, -0.25) is 9.59 Å². The van der Waals surface area contributed by atoms with E-state index in [-0.39, 0.29) is 17.0 Å². The molecule has 0 heterocycles. The molecule has 5 nitrogen and oxygen atoms in total. The molecular formula is C16H13F3N2O3. The fraction of sp³-hybridized carbons (Fsp3) is 0.125. The number of hydrogen-bond donors (Lipinski definition) is 2. The summed E-state index contributed by atoms with van der Waals surface area (Å²) in [6, 6.07) is 10.9. The minimum Gasteiger partial charge on any atom is -0.434 e. The van der Waals surface area contributed by atoms with Gasteiger partial charge in [0.25, 0.3) is 5.91 Å². The van der Waals surface area contributed by atoms with Gasteiger partial charge in [0.05, 0.1) is 17.8 Å². The Morgan fingerprint density at radius 2 is 1.71 bits per heavy atom. The third-order valence-electron chi connectivity index (χ3n) is 2.91. The van der Waals surface area contributed by atoms with Crippen LogP contribution in [-0.2, 0) is 4.79 Å². The minimum absolute atomic E-state index is 0.0295. The molecule has 2 amide bonds. The molecule has 0 saturated heterocycles. The number of ether oxygens (including phenoxy) is 1. The maximum absolute atomic E-state index is 13.4. The summed E-state index contributed by atoms with van der Waals surface area (Å²) in [5, 5.41) is 4.54. The monoisotopic (exact) mass is 338 g/mol. The van der Waals surface area contributed by atoms with Gasteiger partial charge in [-0.25, -0.2) is 4.39 Å². The number of alkyl halides is 2. The molecule has 0 aromatic heterocycles. The first-order valence-corrected chi connectivity index (χ1v) is 6.84. The van der Waals surface area contributed by atoms with E-state index in [1.165, 1.54) is 48.5 Å². The lowest BCUT2D eigenvalue weighted by molar-refractivity contribution is -0.115. The van der Waals surface area contributed by atoms with Crippen LogP contribution in [0.1, 0.15) is 10.4 Å². The Morgan fingerprint density at radius 1 is 1.04 bits per heavy atom. The number of rotatable bonds is 6. The first-order chi connectivity index (χ1) is 11.5. The summed E-state index contributed by atoms with van der Waals surface area (Å²) in [4.78, 5) is 23.7. The fourth-order valence-electron chi connectivity index (χ4n) is 1.87. The van der Waals surface area contributed by atoms with Crippen molar-refractivity contribution in [2.45, 2.75) is 6.61 Å². The summed E-state index contributed by atoms with van der Waals surface area (Å²) in [5.41, 5.74) is -0.172. The lowest BCUT2D eigenvalue weighted by Crippen LogP contribution is -2.33. The molecule has 0 fully saturated rings. The van der Waals surface area contributed by atoms with Crippen molar-refractivity contribution in [1.29, 1.82) is 0 Å². The summed E-state index contributed by atoms with van der Waals surface area (Å²) in [7, 11) is 0. The number of para-hydroxylation sites is 2. The molecule has 0 aliphatic heterocycles. The van der Waals surface area contributed by atoms with Gasteiger partial charge in [0, 0.05) is 0 Å². The molecule has 24 heavy (non-hydrogen) atoms. The molecule has 0 radical (unpaired) electrons. The van der Waals surface area contributed by atoms with Crippen LogP contribution in [0.15, 0.2) is 48.5 Å². The first kappa shape index (κ1) is 17.3. The van der Waals surface area contributed by atoms with Gasteiger partial charge >= 0.3 is 6.61 Å². The third kappa shape index (κ3) is 4.73. The van der Waals surface area contributed by atoms with Crippen molar-refractivity contribution in [1.82, 2.24) is 5.32 Å². The molecule has 0 bridgehead atoms. The molecule has 2 aromatic rings. The number of amides is 2. The van der Waals surface area contributed by atoms with Crippen molar-refractivity contribution in [3.8, 4) is 5.75 Å². The van der Waals surface area contributed by atoms with Gasteiger partial charge in [-0.1, -0.05) is 24.3 Å². The first-order valence-electron chi connectivity index (χ1n) is 6.84. The number of anilines is 1. The molecular weight excluding hydrogens is 325 g/mol. The van der Waals surface area contributed by atoms with E-state index in [2.05, 4.69) is 15.4 Å². The van der Waals surface area contributed by atoms with Crippen LogP contribution in [0.4, 0.5) is 18.9 Å². The predicted molar refractivity (Wildman–Crippen MR) is 80.4 cm³/mol. The standard InChI is InChI=1S/C16H13F3N2O3/c17-11-6-2-3-7-12(11)21-14(22)9-20-15(23)10-5-1-4-8-13(10)24-16(18)19/h1-8,16H,9H2,(H,20,23)(H,21,22). The number of nitrogens with one attached hydrogen (secondary N) is 2. The summed E-state index contributed by atoms with van der Waals surface area (Å²) >= 11 is 0. The van der Waals surface area contributed by atoms with Gasteiger partial charge in [0.15, 0.2) is 0 Å². The van der Waals surface area contributed by atoms with Crippen molar-refractivity contribution in [2.24, 2.45) is 0 Å². The highest BCUT2D eigenvalue weighted by molar-refractivity contribution is 6.00. The van der Waals surface area contributed by atoms with Crippen LogP contribution in [0.3, 0.4) is 0 Å². The van der Waals surface area contributed by atoms with Crippen LogP contribution >= 0.6 is 0 Å². The fourth-order valence-corrected chi connectivity index (χ4v) is 1.87. The van der Waals surface area contributed by atoms with Gasteiger partial charge in [0.2, 0.25) is 5.91 Å². The highest BCUT2D eigenvalue weighted by atomic mass is 19.3. The zero-order valence-corrected chi connectivity index (χ0v) is 12.3. The largest absolute Gasteiger partial charge is 0.434 e. The van der Waals surface area contributed by atoms with Gasteiger partial charge in [0.1, 0.15) is 11.6 Å². The predicted octanol–water partition coefficient (Wildman–Crippen LogP) is 2.80. The highest BCUT2D eigenvalue weighted by Gasteiger charge is 2.16.